The van der Waals surface area contributed by atoms with Crippen LogP contribution >= 0.6 is 0 Å². The summed E-state index contributed by atoms with van der Waals surface area (Å²) in [6.07, 6.45) is 1.01. The van der Waals surface area contributed by atoms with Crippen LogP contribution < -0.4 is 16.4 Å². The number of hydrogen-bond acceptors (Lipinski definition) is 3. The van der Waals surface area contributed by atoms with Crippen LogP contribution in [0.5, 0.6) is 0 Å². The maximum absolute atomic E-state index is 11.4. The Hall–Kier alpha value is -1.71. The number of anilines is 2. The van der Waals surface area contributed by atoms with Crippen molar-refractivity contribution in [1.82, 2.24) is 0 Å². The number of amides is 1. The average Bonchev–Trinajstić information content (AvgIpc) is 2.24. The molecule has 94 valence electrons. The van der Waals surface area contributed by atoms with Gasteiger partial charge in [-0.2, -0.15) is 0 Å². The summed E-state index contributed by atoms with van der Waals surface area (Å²) in [4.78, 5) is 13.6. The molecule has 4 heteroatoms. The van der Waals surface area contributed by atoms with Crippen molar-refractivity contribution in [3.63, 3.8) is 0 Å². The molecule has 4 N–H and O–H groups in total. The van der Waals surface area contributed by atoms with Crippen LogP contribution in [0.25, 0.3) is 0 Å². The topological polar surface area (TPSA) is 72.3 Å². The van der Waals surface area contributed by atoms with Gasteiger partial charge < -0.3 is 16.4 Å². The Morgan fingerprint density at radius 3 is 2.53 bits per heavy atom. The zero-order valence-electron chi connectivity index (χ0n) is 10.7. The molecule has 0 spiro atoms. The van der Waals surface area contributed by atoms with Crippen LogP contribution in [-0.4, -0.2) is 18.5 Å². The number of nitrogens with two attached hydrogens (primary N) is 2. The first-order chi connectivity index (χ1) is 7.97. The van der Waals surface area contributed by atoms with E-state index in [0.717, 1.165) is 18.7 Å². The second-order valence-electron chi connectivity index (χ2n) is 4.43. The highest BCUT2D eigenvalue weighted by Crippen LogP contribution is 2.25. The molecule has 1 rings (SSSR count). The van der Waals surface area contributed by atoms with E-state index in [0.29, 0.717) is 17.3 Å². The molecule has 0 unspecified atom stereocenters. The fourth-order valence-corrected chi connectivity index (χ4v) is 1.89. The van der Waals surface area contributed by atoms with Crippen molar-refractivity contribution < 1.29 is 4.79 Å². The first-order valence-corrected chi connectivity index (χ1v) is 5.93. The molecule has 0 bridgehead atoms. The molecule has 1 amide bonds. The molecule has 0 aliphatic carbocycles. The highest BCUT2D eigenvalue weighted by molar-refractivity contribution is 5.99. The minimum atomic E-state index is -0.415. The van der Waals surface area contributed by atoms with Crippen molar-refractivity contribution in [3.05, 3.63) is 23.8 Å². The lowest BCUT2D eigenvalue weighted by molar-refractivity contribution is 0.100. The van der Waals surface area contributed by atoms with E-state index in [-0.39, 0.29) is 0 Å². The van der Waals surface area contributed by atoms with E-state index >= 15 is 0 Å². The number of benzene rings is 1. The summed E-state index contributed by atoms with van der Waals surface area (Å²) in [6, 6.07) is 5.51. The third kappa shape index (κ3) is 3.12. The fraction of sp³-hybridized carbons (Fsp3) is 0.462. The van der Waals surface area contributed by atoms with E-state index in [4.69, 9.17) is 11.5 Å². The summed E-state index contributed by atoms with van der Waals surface area (Å²) in [5.74, 6) is -0.415. The summed E-state index contributed by atoms with van der Waals surface area (Å²) < 4.78 is 0. The monoisotopic (exact) mass is 235 g/mol. The van der Waals surface area contributed by atoms with E-state index in [1.807, 2.05) is 6.07 Å². The standard InChI is InChI=1S/C13H21N3O/c1-4-7-16(9(2)3)12-8-10(14)5-6-11(12)13(15)17/h5-6,8-9H,4,7,14H2,1-3H3,(H2,15,17). The maximum Gasteiger partial charge on any atom is 0.250 e. The first kappa shape index (κ1) is 13.4. The van der Waals surface area contributed by atoms with Gasteiger partial charge in [-0.25, -0.2) is 0 Å². The van der Waals surface area contributed by atoms with E-state index in [1.54, 1.807) is 12.1 Å². The summed E-state index contributed by atoms with van der Waals surface area (Å²) in [7, 11) is 0. The molecule has 1 aromatic carbocycles. The van der Waals surface area contributed by atoms with Crippen LogP contribution in [0, 0.1) is 0 Å². The number of nitrogen functional groups attached to an aromatic ring is 1. The van der Waals surface area contributed by atoms with Crippen LogP contribution in [-0.2, 0) is 0 Å². The molecule has 0 aliphatic heterocycles. The Kier molecular flexibility index (Phi) is 4.37. The molecular formula is C13H21N3O. The molecule has 0 heterocycles. The van der Waals surface area contributed by atoms with Gasteiger partial charge in [-0.3, -0.25) is 4.79 Å². The largest absolute Gasteiger partial charge is 0.399 e. The second kappa shape index (κ2) is 5.57. The summed E-state index contributed by atoms with van der Waals surface area (Å²) >= 11 is 0. The van der Waals surface area contributed by atoms with Gasteiger partial charge in [-0.15, -0.1) is 0 Å². The number of carbonyl (C=O) groups is 1. The van der Waals surface area contributed by atoms with Gasteiger partial charge >= 0.3 is 0 Å². The van der Waals surface area contributed by atoms with Crippen molar-refractivity contribution in [2.45, 2.75) is 33.2 Å². The van der Waals surface area contributed by atoms with E-state index in [9.17, 15) is 4.79 Å². The number of carbonyl (C=O) groups excluding carboxylic acids is 1. The van der Waals surface area contributed by atoms with Crippen molar-refractivity contribution in [2.24, 2.45) is 5.73 Å². The van der Waals surface area contributed by atoms with Gasteiger partial charge in [0.25, 0.3) is 5.91 Å². The number of hydrogen-bond donors (Lipinski definition) is 2. The molecule has 4 nitrogen and oxygen atoms in total. The molecule has 0 aliphatic rings. The van der Waals surface area contributed by atoms with Crippen LogP contribution in [0.1, 0.15) is 37.6 Å². The molecule has 0 fully saturated rings. The van der Waals surface area contributed by atoms with Crippen molar-refractivity contribution in [1.29, 1.82) is 0 Å². The summed E-state index contributed by atoms with van der Waals surface area (Å²) in [5.41, 5.74) is 13.2. The van der Waals surface area contributed by atoms with Crippen LogP contribution in [0.15, 0.2) is 18.2 Å². The van der Waals surface area contributed by atoms with Crippen LogP contribution in [0.3, 0.4) is 0 Å². The SMILES string of the molecule is CCCN(c1cc(N)ccc1C(N)=O)C(C)C. The Morgan fingerprint density at radius 1 is 1.41 bits per heavy atom. The zero-order chi connectivity index (χ0) is 13.0. The van der Waals surface area contributed by atoms with Crippen molar-refractivity contribution in [2.75, 3.05) is 17.2 Å². The molecule has 1 aromatic rings. The molecule has 0 atom stereocenters. The Bertz CT molecular complexity index is 402. The molecule has 0 saturated heterocycles. The lowest BCUT2D eigenvalue weighted by Gasteiger charge is -2.30. The van der Waals surface area contributed by atoms with Gasteiger partial charge in [0, 0.05) is 18.3 Å². The highest BCUT2D eigenvalue weighted by atomic mass is 16.1. The van der Waals surface area contributed by atoms with Gasteiger partial charge in [-0.05, 0) is 38.5 Å². The zero-order valence-corrected chi connectivity index (χ0v) is 10.7. The lowest BCUT2D eigenvalue weighted by Crippen LogP contribution is -2.33. The van der Waals surface area contributed by atoms with Crippen LogP contribution in [0.2, 0.25) is 0 Å². The average molecular weight is 235 g/mol. The van der Waals surface area contributed by atoms with Crippen LogP contribution in [0.4, 0.5) is 11.4 Å². The second-order valence-corrected chi connectivity index (χ2v) is 4.43. The minimum absolute atomic E-state index is 0.301. The Morgan fingerprint density at radius 2 is 2.06 bits per heavy atom. The van der Waals surface area contributed by atoms with Gasteiger partial charge in [0.1, 0.15) is 0 Å². The Balaban J connectivity index is 3.24. The number of primary amides is 1. The molecule has 0 aromatic heterocycles. The predicted molar refractivity (Wildman–Crippen MR) is 72.1 cm³/mol. The third-order valence-electron chi connectivity index (χ3n) is 2.68. The van der Waals surface area contributed by atoms with Gasteiger partial charge in [0.15, 0.2) is 0 Å². The lowest BCUT2D eigenvalue weighted by atomic mass is 10.1. The third-order valence-corrected chi connectivity index (χ3v) is 2.68. The summed E-state index contributed by atoms with van der Waals surface area (Å²) in [6.45, 7) is 7.15. The normalized spacial score (nSPS) is 10.6. The van der Waals surface area contributed by atoms with Gasteiger partial charge in [0.05, 0.1) is 11.3 Å². The molecule has 0 radical (unpaired) electrons. The first-order valence-electron chi connectivity index (χ1n) is 5.93. The van der Waals surface area contributed by atoms with Crippen molar-refractivity contribution in [3.8, 4) is 0 Å². The highest BCUT2D eigenvalue weighted by Gasteiger charge is 2.16. The molecular weight excluding hydrogens is 214 g/mol. The maximum atomic E-state index is 11.4. The van der Waals surface area contributed by atoms with E-state index < -0.39 is 5.91 Å². The summed E-state index contributed by atoms with van der Waals surface area (Å²) in [5, 5.41) is 0. The van der Waals surface area contributed by atoms with Gasteiger partial charge in [0.2, 0.25) is 0 Å². The predicted octanol–water partition coefficient (Wildman–Crippen LogP) is 1.99. The molecule has 0 saturated carbocycles. The van der Waals surface area contributed by atoms with E-state index in [1.165, 1.54) is 0 Å². The smallest absolute Gasteiger partial charge is 0.250 e. The van der Waals surface area contributed by atoms with Gasteiger partial charge in [-0.1, -0.05) is 6.92 Å². The Labute approximate surface area is 103 Å². The quantitative estimate of drug-likeness (QED) is 0.767. The minimum Gasteiger partial charge on any atom is -0.399 e. The molecule has 17 heavy (non-hydrogen) atoms. The number of rotatable bonds is 5. The fourth-order valence-electron chi connectivity index (χ4n) is 1.89. The van der Waals surface area contributed by atoms with E-state index in [2.05, 4.69) is 25.7 Å². The number of nitrogens with zero attached hydrogens (tertiary/aromatic N) is 1. The van der Waals surface area contributed by atoms with Crippen molar-refractivity contribution >= 4 is 17.3 Å².